The summed E-state index contributed by atoms with van der Waals surface area (Å²) < 4.78 is 16.9. The van der Waals surface area contributed by atoms with Crippen molar-refractivity contribution in [3.05, 3.63) is 88.4 Å². The van der Waals surface area contributed by atoms with E-state index in [0.717, 1.165) is 5.56 Å². The molecule has 0 aliphatic rings. The van der Waals surface area contributed by atoms with Crippen LogP contribution in [0.5, 0.6) is 17.2 Å². The monoisotopic (exact) mass is 484 g/mol. The summed E-state index contributed by atoms with van der Waals surface area (Å²) in [6.45, 7) is 0.213. The van der Waals surface area contributed by atoms with Gasteiger partial charge in [0.05, 0.1) is 11.6 Å². The average molecular weight is 485 g/mol. The number of amides is 2. The van der Waals surface area contributed by atoms with E-state index in [2.05, 4.69) is 26.8 Å². The molecule has 0 spiro atoms. The van der Waals surface area contributed by atoms with Crippen LogP contribution < -0.4 is 25.1 Å². The van der Waals surface area contributed by atoms with Crippen LogP contribution in [-0.4, -0.2) is 25.5 Å². The Bertz CT molecular complexity index is 1030. The first-order valence-electron chi connectivity index (χ1n) is 9.37. The molecule has 3 aromatic carbocycles. The summed E-state index contributed by atoms with van der Waals surface area (Å²) in [5.41, 5.74) is 6.09. The van der Waals surface area contributed by atoms with Crippen LogP contribution in [0.15, 0.2) is 77.3 Å². The van der Waals surface area contributed by atoms with Crippen LogP contribution in [0.2, 0.25) is 0 Å². The summed E-state index contributed by atoms with van der Waals surface area (Å²) in [6.07, 6.45) is 0. The summed E-state index contributed by atoms with van der Waals surface area (Å²) in [5, 5.41) is 0. The maximum absolute atomic E-state index is 12.1. The number of halogens is 1. The third kappa shape index (κ3) is 6.75. The zero-order chi connectivity index (χ0) is 22.1. The number of carbonyl (C=O) groups is 2. The fourth-order valence-electron chi connectivity index (χ4n) is 2.56. The molecule has 3 rings (SSSR count). The number of methoxy groups -OCH3 is 1. The zero-order valence-electron chi connectivity index (χ0n) is 16.8. The minimum Gasteiger partial charge on any atom is -0.496 e. The number of nitrogens with one attached hydrogen (secondary N) is 2. The quantitative estimate of drug-likeness (QED) is 0.474. The molecule has 0 fully saturated rings. The van der Waals surface area contributed by atoms with Crippen molar-refractivity contribution in [3.8, 4) is 17.2 Å². The lowest BCUT2D eigenvalue weighted by Gasteiger charge is -2.10. The average Bonchev–Trinajstić information content (AvgIpc) is 2.81. The lowest BCUT2D eigenvalue weighted by atomic mass is 10.2. The molecule has 8 heteroatoms. The molecule has 0 unspecified atom stereocenters. The first-order valence-corrected chi connectivity index (χ1v) is 10.2. The number of hydrogen-bond donors (Lipinski definition) is 2. The fourth-order valence-corrected chi connectivity index (χ4v) is 3.10. The van der Waals surface area contributed by atoms with Gasteiger partial charge in [-0.15, -0.1) is 0 Å². The van der Waals surface area contributed by atoms with Crippen LogP contribution >= 0.6 is 15.9 Å². The SMILES string of the molecule is COc1ccc(C(=O)NNC(=O)COc2ccc(OCc3ccccc3)cc2)cc1Br. The van der Waals surface area contributed by atoms with Crippen molar-refractivity contribution in [1.29, 1.82) is 0 Å². The molecule has 7 nitrogen and oxygen atoms in total. The second kappa shape index (κ2) is 11.0. The van der Waals surface area contributed by atoms with E-state index in [1.807, 2.05) is 30.3 Å². The highest BCUT2D eigenvalue weighted by Crippen LogP contribution is 2.25. The Balaban J connectivity index is 1.41. The van der Waals surface area contributed by atoms with Gasteiger partial charge in [-0.25, -0.2) is 0 Å². The molecule has 0 atom stereocenters. The minimum absolute atomic E-state index is 0.253. The second-order valence-corrected chi connectivity index (χ2v) is 7.24. The van der Waals surface area contributed by atoms with Gasteiger partial charge in [-0.2, -0.15) is 0 Å². The topological polar surface area (TPSA) is 85.9 Å². The molecule has 160 valence electrons. The van der Waals surface area contributed by atoms with Crippen LogP contribution in [0, 0.1) is 0 Å². The summed E-state index contributed by atoms with van der Waals surface area (Å²) in [5.74, 6) is 0.846. The van der Waals surface area contributed by atoms with Crippen molar-refractivity contribution in [2.45, 2.75) is 6.61 Å². The van der Waals surface area contributed by atoms with E-state index < -0.39 is 11.8 Å². The van der Waals surface area contributed by atoms with Crippen molar-refractivity contribution in [2.75, 3.05) is 13.7 Å². The van der Waals surface area contributed by atoms with Gasteiger partial charge in [-0.3, -0.25) is 20.4 Å². The fraction of sp³-hybridized carbons (Fsp3) is 0.130. The highest BCUT2D eigenvalue weighted by atomic mass is 79.9. The maximum Gasteiger partial charge on any atom is 0.276 e. The van der Waals surface area contributed by atoms with Crippen molar-refractivity contribution in [2.24, 2.45) is 0 Å². The van der Waals surface area contributed by atoms with Gasteiger partial charge in [0.2, 0.25) is 0 Å². The highest BCUT2D eigenvalue weighted by molar-refractivity contribution is 9.10. The van der Waals surface area contributed by atoms with Crippen molar-refractivity contribution in [3.63, 3.8) is 0 Å². The molecule has 0 saturated heterocycles. The molecule has 0 radical (unpaired) electrons. The number of benzene rings is 3. The van der Waals surface area contributed by atoms with Gasteiger partial charge in [0, 0.05) is 5.56 Å². The molecule has 0 aromatic heterocycles. The van der Waals surface area contributed by atoms with E-state index in [1.54, 1.807) is 42.5 Å². The van der Waals surface area contributed by atoms with Gasteiger partial charge in [0.25, 0.3) is 11.8 Å². The van der Waals surface area contributed by atoms with Crippen LogP contribution in [0.25, 0.3) is 0 Å². The Labute approximate surface area is 188 Å². The zero-order valence-corrected chi connectivity index (χ0v) is 18.3. The van der Waals surface area contributed by atoms with E-state index in [4.69, 9.17) is 14.2 Å². The standard InChI is InChI=1S/C23H21BrN2O5/c1-29-21-12-7-17(13-20(21)24)23(28)26-25-22(27)15-31-19-10-8-18(9-11-19)30-14-16-5-3-2-4-6-16/h2-13H,14-15H2,1H3,(H,25,27)(H,26,28). The largest absolute Gasteiger partial charge is 0.496 e. The van der Waals surface area contributed by atoms with E-state index in [-0.39, 0.29) is 6.61 Å². The summed E-state index contributed by atoms with van der Waals surface area (Å²) in [7, 11) is 1.53. The van der Waals surface area contributed by atoms with Crippen molar-refractivity contribution in [1.82, 2.24) is 10.9 Å². The van der Waals surface area contributed by atoms with E-state index >= 15 is 0 Å². The Morgan fingerprint density at radius 2 is 1.55 bits per heavy atom. The molecule has 2 amide bonds. The number of ether oxygens (including phenoxy) is 3. The Hall–Kier alpha value is -3.52. The van der Waals surface area contributed by atoms with Crippen LogP contribution in [0.3, 0.4) is 0 Å². The smallest absolute Gasteiger partial charge is 0.276 e. The van der Waals surface area contributed by atoms with E-state index in [9.17, 15) is 9.59 Å². The predicted molar refractivity (Wildman–Crippen MR) is 119 cm³/mol. The number of carbonyl (C=O) groups excluding carboxylic acids is 2. The third-order valence-corrected chi connectivity index (χ3v) is 4.79. The Kier molecular flexibility index (Phi) is 7.89. The van der Waals surface area contributed by atoms with Gasteiger partial charge in [0.1, 0.15) is 23.9 Å². The molecular weight excluding hydrogens is 464 g/mol. The van der Waals surface area contributed by atoms with Crippen LogP contribution in [-0.2, 0) is 11.4 Å². The summed E-state index contributed by atoms with van der Waals surface area (Å²) in [4.78, 5) is 24.1. The molecule has 0 bridgehead atoms. The lowest BCUT2D eigenvalue weighted by Crippen LogP contribution is -2.43. The third-order valence-electron chi connectivity index (χ3n) is 4.17. The number of hydrogen-bond acceptors (Lipinski definition) is 5. The second-order valence-electron chi connectivity index (χ2n) is 6.39. The number of rotatable bonds is 8. The van der Waals surface area contributed by atoms with Crippen LogP contribution in [0.4, 0.5) is 0 Å². The van der Waals surface area contributed by atoms with Crippen LogP contribution in [0.1, 0.15) is 15.9 Å². The molecule has 3 aromatic rings. The van der Waals surface area contributed by atoms with Crippen molar-refractivity contribution < 1.29 is 23.8 Å². The number of hydrazine groups is 1. The molecule has 31 heavy (non-hydrogen) atoms. The summed E-state index contributed by atoms with van der Waals surface area (Å²) >= 11 is 3.31. The molecule has 0 saturated carbocycles. The predicted octanol–water partition coefficient (Wildman–Crippen LogP) is 3.88. The first kappa shape index (κ1) is 22.2. The lowest BCUT2D eigenvalue weighted by molar-refractivity contribution is -0.123. The normalized spacial score (nSPS) is 10.1. The van der Waals surface area contributed by atoms with Crippen molar-refractivity contribution >= 4 is 27.7 Å². The Morgan fingerprint density at radius 1 is 0.871 bits per heavy atom. The molecular formula is C23H21BrN2O5. The summed E-state index contributed by atoms with van der Waals surface area (Å²) in [6, 6.07) is 21.6. The van der Waals surface area contributed by atoms with Gasteiger partial charge in [0.15, 0.2) is 6.61 Å². The Morgan fingerprint density at radius 3 is 2.19 bits per heavy atom. The van der Waals surface area contributed by atoms with Gasteiger partial charge >= 0.3 is 0 Å². The van der Waals surface area contributed by atoms with E-state index in [1.165, 1.54) is 7.11 Å². The minimum atomic E-state index is -0.495. The molecule has 0 aliphatic carbocycles. The molecule has 2 N–H and O–H groups in total. The van der Waals surface area contributed by atoms with E-state index in [0.29, 0.717) is 33.9 Å². The highest BCUT2D eigenvalue weighted by Gasteiger charge is 2.10. The maximum atomic E-state index is 12.1. The van der Waals surface area contributed by atoms with Gasteiger partial charge in [-0.1, -0.05) is 30.3 Å². The van der Waals surface area contributed by atoms with Gasteiger partial charge < -0.3 is 14.2 Å². The van der Waals surface area contributed by atoms with Gasteiger partial charge in [-0.05, 0) is 64.0 Å². The molecule has 0 aliphatic heterocycles. The first-order chi connectivity index (χ1) is 15.0. The molecule has 0 heterocycles.